The average molecular weight is 381 g/mol. The molecule has 1 aliphatic rings. The van der Waals surface area contributed by atoms with E-state index in [2.05, 4.69) is 5.10 Å². The molecule has 9 heteroatoms. The summed E-state index contributed by atoms with van der Waals surface area (Å²) in [6.07, 6.45) is -4.68. The highest BCUT2D eigenvalue weighted by Crippen LogP contribution is 2.30. The Bertz CT molecular complexity index is 924. The Hall–Kier alpha value is -2.68. The zero-order chi connectivity index (χ0) is 19.8. The minimum atomic E-state index is -4.51. The second-order valence-electron chi connectivity index (χ2n) is 6.39. The van der Waals surface area contributed by atoms with Crippen molar-refractivity contribution in [3.63, 3.8) is 0 Å². The van der Waals surface area contributed by atoms with Crippen molar-refractivity contribution >= 4 is 5.91 Å². The summed E-state index contributed by atoms with van der Waals surface area (Å²) in [4.78, 5) is 26.4. The van der Waals surface area contributed by atoms with Crippen LogP contribution in [0.25, 0.3) is 5.69 Å². The number of amides is 1. The number of ether oxygens (including phenoxy) is 1. The van der Waals surface area contributed by atoms with E-state index < -0.39 is 23.1 Å². The fourth-order valence-corrected chi connectivity index (χ4v) is 2.92. The number of alkyl halides is 3. The maximum atomic E-state index is 13.0. The maximum absolute atomic E-state index is 13.0. The van der Waals surface area contributed by atoms with Crippen LogP contribution in [0.4, 0.5) is 13.2 Å². The zero-order valence-corrected chi connectivity index (χ0v) is 14.8. The van der Waals surface area contributed by atoms with Gasteiger partial charge in [0.2, 0.25) is 5.43 Å². The third-order valence-electron chi connectivity index (χ3n) is 4.26. The molecule has 1 fully saturated rings. The van der Waals surface area contributed by atoms with E-state index in [4.69, 9.17) is 4.74 Å². The zero-order valence-electron chi connectivity index (χ0n) is 14.8. The van der Waals surface area contributed by atoms with Crippen molar-refractivity contribution in [1.29, 1.82) is 0 Å². The molecule has 1 amide bonds. The topological polar surface area (TPSA) is 64.4 Å². The number of halogens is 3. The first-order valence-corrected chi connectivity index (χ1v) is 8.36. The molecule has 1 aromatic heterocycles. The van der Waals surface area contributed by atoms with Crippen LogP contribution in [-0.2, 0) is 10.9 Å². The molecule has 2 heterocycles. The molecule has 3 rings (SSSR count). The number of carbonyl (C=O) groups is 1. The Morgan fingerprint density at radius 1 is 1.30 bits per heavy atom. The molecule has 0 aliphatic carbocycles. The SMILES string of the molecule is Cc1cc(=O)c(C(=O)N2CCO[C@H](C)C2)nn1-c1cccc(C(F)(F)F)c1. The number of aryl methyl sites for hydroxylation is 1. The summed E-state index contributed by atoms with van der Waals surface area (Å²) in [5, 5.41) is 4.07. The fraction of sp³-hybridized carbons (Fsp3) is 0.389. The Labute approximate surface area is 153 Å². The van der Waals surface area contributed by atoms with Crippen LogP contribution in [0.15, 0.2) is 35.1 Å². The second kappa shape index (κ2) is 7.15. The molecule has 1 aromatic carbocycles. The van der Waals surface area contributed by atoms with Crippen LogP contribution in [0.5, 0.6) is 0 Å². The highest BCUT2D eigenvalue weighted by atomic mass is 19.4. The van der Waals surface area contributed by atoms with Crippen LogP contribution in [0, 0.1) is 6.92 Å². The number of hydrogen-bond acceptors (Lipinski definition) is 4. The predicted octanol–water partition coefficient (Wildman–Crippen LogP) is 2.42. The molecular weight excluding hydrogens is 363 g/mol. The van der Waals surface area contributed by atoms with E-state index in [-0.39, 0.29) is 17.5 Å². The van der Waals surface area contributed by atoms with Crippen molar-refractivity contribution in [2.24, 2.45) is 0 Å². The van der Waals surface area contributed by atoms with E-state index >= 15 is 0 Å². The van der Waals surface area contributed by atoms with Gasteiger partial charge >= 0.3 is 6.18 Å². The summed E-state index contributed by atoms with van der Waals surface area (Å²) >= 11 is 0. The Morgan fingerprint density at radius 3 is 2.70 bits per heavy atom. The Morgan fingerprint density at radius 2 is 2.04 bits per heavy atom. The van der Waals surface area contributed by atoms with E-state index in [0.29, 0.717) is 25.4 Å². The highest BCUT2D eigenvalue weighted by molar-refractivity contribution is 5.92. The molecule has 0 unspecified atom stereocenters. The van der Waals surface area contributed by atoms with E-state index in [1.54, 1.807) is 6.92 Å². The fourth-order valence-electron chi connectivity index (χ4n) is 2.92. The van der Waals surface area contributed by atoms with Crippen molar-refractivity contribution in [3.8, 4) is 5.69 Å². The van der Waals surface area contributed by atoms with Gasteiger partial charge in [-0.05, 0) is 32.0 Å². The lowest BCUT2D eigenvalue weighted by Gasteiger charge is -2.30. The lowest BCUT2D eigenvalue weighted by Crippen LogP contribution is -2.46. The summed E-state index contributed by atoms with van der Waals surface area (Å²) < 4.78 is 45.5. The van der Waals surface area contributed by atoms with Gasteiger partial charge in [-0.1, -0.05) is 6.07 Å². The van der Waals surface area contributed by atoms with Crippen LogP contribution >= 0.6 is 0 Å². The van der Waals surface area contributed by atoms with Gasteiger partial charge in [0.25, 0.3) is 5.91 Å². The second-order valence-corrected chi connectivity index (χ2v) is 6.39. The first kappa shape index (κ1) is 19.1. The van der Waals surface area contributed by atoms with Gasteiger partial charge in [0.1, 0.15) is 0 Å². The monoisotopic (exact) mass is 381 g/mol. The number of hydrogen-bond donors (Lipinski definition) is 0. The third-order valence-corrected chi connectivity index (χ3v) is 4.26. The number of carbonyl (C=O) groups excluding carboxylic acids is 1. The normalized spacial score (nSPS) is 17.8. The Kier molecular flexibility index (Phi) is 5.05. The van der Waals surface area contributed by atoms with Crippen molar-refractivity contribution < 1.29 is 22.7 Å². The van der Waals surface area contributed by atoms with Gasteiger partial charge in [0.05, 0.1) is 24.0 Å². The summed E-state index contributed by atoms with van der Waals surface area (Å²) in [6.45, 7) is 4.34. The van der Waals surface area contributed by atoms with Crippen molar-refractivity contribution in [2.75, 3.05) is 19.7 Å². The van der Waals surface area contributed by atoms with Crippen LogP contribution in [0.2, 0.25) is 0 Å². The number of nitrogens with zero attached hydrogens (tertiary/aromatic N) is 3. The predicted molar refractivity (Wildman–Crippen MR) is 90.9 cm³/mol. The molecule has 0 radical (unpaired) electrons. The standard InChI is InChI=1S/C18H18F3N3O3/c1-11-8-15(25)16(17(26)23-6-7-27-12(2)10-23)22-24(11)14-5-3-4-13(9-14)18(19,20)21/h3-5,8-9,12H,6-7,10H2,1-2H3/t12-/m1/s1. The summed E-state index contributed by atoms with van der Waals surface area (Å²) in [5.74, 6) is -0.559. The molecule has 1 atom stereocenters. The summed E-state index contributed by atoms with van der Waals surface area (Å²) in [5.41, 5.74) is -1.29. The van der Waals surface area contributed by atoms with Gasteiger partial charge in [-0.3, -0.25) is 9.59 Å². The minimum Gasteiger partial charge on any atom is -0.375 e. The van der Waals surface area contributed by atoms with Crippen molar-refractivity contribution in [1.82, 2.24) is 14.7 Å². The molecule has 27 heavy (non-hydrogen) atoms. The van der Waals surface area contributed by atoms with Gasteiger partial charge in [0, 0.05) is 24.8 Å². The van der Waals surface area contributed by atoms with Crippen LogP contribution < -0.4 is 5.43 Å². The first-order valence-electron chi connectivity index (χ1n) is 8.36. The van der Waals surface area contributed by atoms with Gasteiger partial charge in [-0.15, -0.1) is 0 Å². The minimum absolute atomic E-state index is 0.117. The molecule has 1 saturated heterocycles. The lowest BCUT2D eigenvalue weighted by molar-refractivity contribution is -0.137. The summed E-state index contributed by atoms with van der Waals surface area (Å²) in [6, 6.07) is 5.76. The lowest BCUT2D eigenvalue weighted by atomic mass is 10.2. The smallest absolute Gasteiger partial charge is 0.375 e. The van der Waals surface area contributed by atoms with E-state index in [9.17, 15) is 22.8 Å². The molecule has 6 nitrogen and oxygen atoms in total. The molecule has 0 saturated carbocycles. The quantitative estimate of drug-likeness (QED) is 0.802. The number of benzene rings is 1. The van der Waals surface area contributed by atoms with Crippen LogP contribution in [-0.4, -0.2) is 46.4 Å². The van der Waals surface area contributed by atoms with Gasteiger partial charge in [-0.25, -0.2) is 4.68 Å². The number of rotatable bonds is 2. The van der Waals surface area contributed by atoms with E-state index in [0.717, 1.165) is 12.1 Å². The first-order chi connectivity index (χ1) is 12.7. The van der Waals surface area contributed by atoms with E-state index in [1.807, 2.05) is 6.92 Å². The van der Waals surface area contributed by atoms with Crippen molar-refractivity contribution in [3.05, 3.63) is 57.5 Å². The molecule has 2 aromatic rings. The molecule has 0 bridgehead atoms. The molecule has 0 spiro atoms. The van der Waals surface area contributed by atoms with E-state index in [1.165, 1.54) is 27.8 Å². The number of aromatic nitrogens is 2. The maximum Gasteiger partial charge on any atom is 0.416 e. The molecule has 144 valence electrons. The van der Waals surface area contributed by atoms with Crippen LogP contribution in [0.1, 0.15) is 28.7 Å². The number of morpholine rings is 1. The summed E-state index contributed by atoms with van der Waals surface area (Å²) in [7, 11) is 0. The third kappa shape index (κ3) is 4.02. The molecule has 0 N–H and O–H groups in total. The average Bonchev–Trinajstić information content (AvgIpc) is 2.61. The van der Waals surface area contributed by atoms with Gasteiger partial charge in [0.15, 0.2) is 5.69 Å². The van der Waals surface area contributed by atoms with Gasteiger partial charge in [-0.2, -0.15) is 18.3 Å². The van der Waals surface area contributed by atoms with Crippen molar-refractivity contribution in [2.45, 2.75) is 26.1 Å². The highest BCUT2D eigenvalue weighted by Gasteiger charge is 2.31. The molecular formula is C18H18F3N3O3. The Balaban J connectivity index is 2.02. The molecule has 1 aliphatic heterocycles. The largest absolute Gasteiger partial charge is 0.416 e. The van der Waals surface area contributed by atoms with Gasteiger partial charge < -0.3 is 9.64 Å². The van der Waals surface area contributed by atoms with Crippen LogP contribution in [0.3, 0.4) is 0 Å².